The number of hydrogen-bond donors (Lipinski definition) is 0. The first kappa shape index (κ1) is 12.3. The van der Waals surface area contributed by atoms with Crippen LogP contribution in [0.5, 0.6) is 11.5 Å². The summed E-state index contributed by atoms with van der Waals surface area (Å²) in [5, 5.41) is 18.3. The molecule has 1 aliphatic rings. The molecule has 92 valence electrons. The summed E-state index contributed by atoms with van der Waals surface area (Å²) in [5.41, 5.74) is 1.89. The van der Waals surface area contributed by atoms with Gasteiger partial charge in [0.1, 0.15) is 0 Å². The van der Waals surface area contributed by atoms with Crippen LogP contribution in [0.1, 0.15) is 23.5 Å². The largest absolute Gasteiger partial charge is 0.493 e. The molecule has 4 nitrogen and oxygen atoms in total. The molecule has 2 unspecified atom stereocenters. The minimum absolute atomic E-state index is 0.236. The Morgan fingerprint density at radius 2 is 1.94 bits per heavy atom. The fourth-order valence-electron chi connectivity index (χ4n) is 2.54. The molecule has 4 heteroatoms. The lowest BCUT2D eigenvalue weighted by molar-refractivity contribution is 0.347. The molecule has 0 spiro atoms. The standard InChI is InChI=1S/C14H14N2O2/c1-17-13-6-5-10-11(14(13)18-2)4-3-9(7-15)12(10)8-16/h5-6,9,12H,3-4H2,1-2H3. The van der Waals surface area contributed by atoms with Gasteiger partial charge in [-0.15, -0.1) is 0 Å². The van der Waals surface area contributed by atoms with Crippen molar-refractivity contribution in [1.29, 1.82) is 10.5 Å². The van der Waals surface area contributed by atoms with Gasteiger partial charge in [-0.2, -0.15) is 10.5 Å². The van der Waals surface area contributed by atoms with Crippen LogP contribution in [0.15, 0.2) is 12.1 Å². The van der Waals surface area contributed by atoms with E-state index in [4.69, 9.17) is 14.7 Å². The smallest absolute Gasteiger partial charge is 0.164 e. The van der Waals surface area contributed by atoms with Gasteiger partial charge in [0.05, 0.1) is 38.2 Å². The van der Waals surface area contributed by atoms with Crippen LogP contribution >= 0.6 is 0 Å². The second-order valence-electron chi connectivity index (χ2n) is 4.25. The predicted molar refractivity (Wildman–Crippen MR) is 65.3 cm³/mol. The van der Waals surface area contributed by atoms with Crippen molar-refractivity contribution in [3.8, 4) is 23.6 Å². The van der Waals surface area contributed by atoms with Gasteiger partial charge in [-0.1, -0.05) is 6.07 Å². The second kappa shape index (κ2) is 4.98. The van der Waals surface area contributed by atoms with Crippen LogP contribution < -0.4 is 9.47 Å². The van der Waals surface area contributed by atoms with Crippen molar-refractivity contribution >= 4 is 0 Å². The molecule has 2 rings (SSSR count). The Kier molecular flexibility index (Phi) is 3.39. The zero-order valence-electron chi connectivity index (χ0n) is 10.4. The fraction of sp³-hybridized carbons (Fsp3) is 0.429. The van der Waals surface area contributed by atoms with Crippen molar-refractivity contribution in [2.24, 2.45) is 5.92 Å². The van der Waals surface area contributed by atoms with E-state index < -0.39 is 0 Å². The molecule has 0 heterocycles. The normalized spacial score (nSPS) is 21.3. The molecule has 1 aromatic rings. The second-order valence-corrected chi connectivity index (χ2v) is 4.25. The van der Waals surface area contributed by atoms with E-state index in [9.17, 15) is 5.26 Å². The molecule has 0 N–H and O–H groups in total. The molecular weight excluding hydrogens is 228 g/mol. The third-order valence-electron chi connectivity index (χ3n) is 3.43. The number of hydrogen-bond acceptors (Lipinski definition) is 4. The Bertz CT molecular complexity index is 540. The molecule has 2 atom stereocenters. The predicted octanol–water partition coefficient (Wildman–Crippen LogP) is 2.40. The van der Waals surface area contributed by atoms with Crippen LogP contribution in [-0.2, 0) is 6.42 Å². The van der Waals surface area contributed by atoms with Crippen LogP contribution in [0.4, 0.5) is 0 Å². The Labute approximate surface area is 106 Å². The van der Waals surface area contributed by atoms with Crippen LogP contribution in [0.3, 0.4) is 0 Å². The molecule has 0 saturated heterocycles. The highest BCUT2D eigenvalue weighted by atomic mass is 16.5. The van der Waals surface area contributed by atoms with Gasteiger partial charge in [-0.3, -0.25) is 0 Å². The number of fused-ring (bicyclic) bond motifs is 1. The summed E-state index contributed by atoms with van der Waals surface area (Å²) in [4.78, 5) is 0. The van der Waals surface area contributed by atoms with Gasteiger partial charge in [0, 0.05) is 5.56 Å². The quantitative estimate of drug-likeness (QED) is 0.798. The van der Waals surface area contributed by atoms with Gasteiger partial charge in [0.15, 0.2) is 11.5 Å². The maximum absolute atomic E-state index is 9.26. The number of ether oxygens (including phenoxy) is 2. The van der Waals surface area contributed by atoms with E-state index in [1.54, 1.807) is 20.3 Å². The van der Waals surface area contributed by atoms with Gasteiger partial charge >= 0.3 is 0 Å². The van der Waals surface area contributed by atoms with E-state index in [1.807, 2.05) is 6.07 Å². The molecule has 0 radical (unpaired) electrons. The zero-order chi connectivity index (χ0) is 13.1. The third-order valence-corrected chi connectivity index (χ3v) is 3.43. The van der Waals surface area contributed by atoms with Crippen LogP contribution in [0.25, 0.3) is 0 Å². The maximum Gasteiger partial charge on any atom is 0.164 e. The Hall–Kier alpha value is -2.20. The van der Waals surface area contributed by atoms with E-state index in [0.29, 0.717) is 17.9 Å². The molecular formula is C14H14N2O2. The summed E-state index contributed by atoms with van der Waals surface area (Å²) in [6.45, 7) is 0. The molecule has 1 aliphatic carbocycles. The molecule has 18 heavy (non-hydrogen) atoms. The van der Waals surface area contributed by atoms with E-state index in [2.05, 4.69) is 12.1 Å². The summed E-state index contributed by atoms with van der Waals surface area (Å²) in [6, 6.07) is 8.11. The minimum atomic E-state index is -0.376. The maximum atomic E-state index is 9.26. The number of nitrogens with zero attached hydrogens (tertiary/aromatic N) is 2. The summed E-state index contributed by atoms with van der Waals surface area (Å²) in [5.74, 6) is 0.745. The van der Waals surface area contributed by atoms with Gasteiger partial charge in [0.25, 0.3) is 0 Å². The lowest BCUT2D eigenvalue weighted by Crippen LogP contribution is -2.19. The first-order chi connectivity index (χ1) is 8.76. The molecule has 0 aromatic heterocycles. The average molecular weight is 242 g/mol. The topological polar surface area (TPSA) is 66.0 Å². The van der Waals surface area contributed by atoms with Gasteiger partial charge < -0.3 is 9.47 Å². The first-order valence-electron chi connectivity index (χ1n) is 5.79. The summed E-state index contributed by atoms with van der Waals surface area (Å²) in [7, 11) is 3.18. The van der Waals surface area contributed by atoms with Gasteiger partial charge in [-0.05, 0) is 24.5 Å². The summed E-state index contributed by atoms with van der Waals surface area (Å²) < 4.78 is 10.6. The number of benzene rings is 1. The summed E-state index contributed by atoms with van der Waals surface area (Å²) >= 11 is 0. The zero-order valence-corrected chi connectivity index (χ0v) is 10.4. The van der Waals surface area contributed by atoms with Crippen molar-refractivity contribution in [2.45, 2.75) is 18.8 Å². The SMILES string of the molecule is COc1ccc2c(c1OC)CCC(C#N)C2C#N. The number of methoxy groups -OCH3 is 2. The van der Waals surface area contributed by atoms with Crippen molar-refractivity contribution in [1.82, 2.24) is 0 Å². The molecule has 0 fully saturated rings. The van der Waals surface area contributed by atoms with Crippen LogP contribution in [0, 0.1) is 28.6 Å². The Balaban J connectivity index is 2.57. The summed E-state index contributed by atoms with van der Waals surface area (Å²) in [6.07, 6.45) is 1.43. The molecule has 0 aliphatic heterocycles. The highest BCUT2D eigenvalue weighted by Gasteiger charge is 2.32. The van der Waals surface area contributed by atoms with Gasteiger partial charge in [0.2, 0.25) is 0 Å². The molecule has 0 bridgehead atoms. The molecule has 0 saturated carbocycles. The lowest BCUT2D eigenvalue weighted by atomic mass is 9.76. The first-order valence-corrected chi connectivity index (χ1v) is 5.79. The van der Waals surface area contributed by atoms with Crippen molar-refractivity contribution in [3.63, 3.8) is 0 Å². The van der Waals surface area contributed by atoms with Crippen molar-refractivity contribution in [2.75, 3.05) is 14.2 Å². The van der Waals surface area contributed by atoms with E-state index in [1.165, 1.54) is 0 Å². The monoisotopic (exact) mass is 242 g/mol. The fourth-order valence-corrected chi connectivity index (χ4v) is 2.54. The van der Waals surface area contributed by atoms with E-state index >= 15 is 0 Å². The van der Waals surface area contributed by atoms with E-state index in [0.717, 1.165) is 17.5 Å². The van der Waals surface area contributed by atoms with Crippen molar-refractivity contribution in [3.05, 3.63) is 23.3 Å². The average Bonchev–Trinajstić information content (AvgIpc) is 2.44. The Morgan fingerprint density at radius 1 is 1.17 bits per heavy atom. The van der Waals surface area contributed by atoms with Crippen LogP contribution in [-0.4, -0.2) is 14.2 Å². The number of rotatable bonds is 2. The molecule has 0 amide bonds. The minimum Gasteiger partial charge on any atom is -0.493 e. The van der Waals surface area contributed by atoms with Gasteiger partial charge in [-0.25, -0.2) is 0 Å². The van der Waals surface area contributed by atoms with Crippen molar-refractivity contribution < 1.29 is 9.47 Å². The lowest BCUT2D eigenvalue weighted by Gasteiger charge is -2.27. The highest BCUT2D eigenvalue weighted by molar-refractivity contribution is 5.54. The third kappa shape index (κ3) is 1.76. The highest BCUT2D eigenvalue weighted by Crippen LogP contribution is 2.43. The Morgan fingerprint density at radius 3 is 2.50 bits per heavy atom. The number of nitriles is 2. The van der Waals surface area contributed by atoms with E-state index in [-0.39, 0.29) is 11.8 Å². The van der Waals surface area contributed by atoms with Crippen LogP contribution in [0.2, 0.25) is 0 Å². The molecule has 1 aromatic carbocycles.